The maximum atomic E-state index is 9.49. The van der Waals surface area contributed by atoms with Crippen LogP contribution in [0.15, 0.2) is 24.4 Å². The molecule has 1 N–H and O–H groups in total. The van der Waals surface area contributed by atoms with E-state index in [0.29, 0.717) is 11.5 Å². The zero-order valence-electron chi connectivity index (χ0n) is 10.5. The molecule has 1 aromatic heterocycles. The van der Waals surface area contributed by atoms with Crippen LogP contribution < -0.4 is 9.47 Å². The maximum absolute atomic E-state index is 9.49. The molecule has 96 valence electrons. The average molecular weight is 265 g/mol. The Balaban J connectivity index is 2.38. The largest absolute Gasteiger partial charge is 0.493 e. The fourth-order valence-corrected chi connectivity index (χ4v) is 2.43. The molecule has 1 aromatic carbocycles. The van der Waals surface area contributed by atoms with E-state index >= 15 is 0 Å². The first-order chi connectivity index (χ1) is 8.65. The maximum Gasteiger partial charge on any atom is 0.161 e. The van der Waals surface area contributed by atoms with Gasteiger partial charge < -0.3 is 14.6 Å². The predicted octanol–water partition coefficient (Wildman–Crippen LogP) is 2.88. The molecule has 2 aromatic rings. The molecular formula is C13H15NO3S. The van der Waals surface area contributed by atoms with Crippen LogP contribution >= 0.6 is 11.3 Å². The second-order valence-corrected chi connectivity index (χ2v) is 4.88. The first kappa shape index (κ1) is 12.9. The third-order valence-corrected chi connectivity index (χ3v) is 3.78. The molecule has 1 unspecified atom stereocenters. The quantitative estimate of drug-likeness (QED) is 0.923. The number of hydrogen-bond donors (Lipinski definition) is 1. The molecule has 5 heteroatoms. The Hall–Kier alpha value is -1.59. The third-order valence-electron chi connectivity index (χ3n) is 2.57. The Bertz CT molecular complexity index is 537. The Kier molecular flexibility index (Phi) is 3.84. The minimum absolute atomic E-state index is 0.489. The summed E-state index contributed by atoms with van der Waals surface area (Å²) < 4.78 is 10.4. The molecule has 1 heterocycles. The van der Waals surface area contributed by atoms with Crippen LogP contribution in [0.5, 0.6) is 11.5 Å². The molecule has 18 heavy (non-hydrogen) atoms. The van der Waals surface area contributed by atoms with Gasteiger partial charge in [0.05, 0.1) is 25.2 Å². The normalized spacial score (nSPS) is 12.2. The molecule has 0 amide bonds. The Labute approximate surface area is 110 Å². The van der Waals surface area contributed by atoms with E-state index in [-0.39, 0.29) is 0 Å². The van der Waals surface area contributed by atoms with E-state index in [1.807, 2.05) is 18.2 Å². The first-order valence-electron chi connectivity index (χ1n) is 5.52. The van der Waals surface area contributed by atoms with Crippen LogP contribution in [0.25, 0.3) is 10.6 Å². The van der Waals surface area contributed by atoms with E-state index in [2.05, 4.69) is 4.98 Å². The molecule has 0 fully saturated rings. The van der Waals surface area contributed by atoms with Crippen molar-refractivity contribution >= 4 is 11.3 Å². The summed E-state index contributed by atoms with van der Waals surface area (Å²) in [4.78, 5) is 5.15. The van der Waals surface area contributed by atoms with Crippen LogP contribution in [0.4, 0.5) is 0 Å². The number of aliphatic hydroxyl groups is 1. The van der Waals surface area contributed by atoms with Gasteiger partial charge in [-0.05, 0) is 25.1 Å². The van der Waals surface area contributed by atoms with Crippen LogP contribution in [-0.4, -0.2) is 24.3 Å². The Morgan fingerprint density at radius 1 is 1.22 bits per heavy atom. The Morgan fingerprint density at radius 2 is 1.94 bits per heavy atom. The molecule has 4 nitrogen and oxygen atoms in total. The molecular weight excluding hydrogens is 250 g/mol. The highest BCUT2D eigenvalue weighted by Crippen LogP contribution is 2.34. The number of methoxy groups -OCH3 is 2. The zero-order valence-corrected chi connectivity index (χ0v) is 11.3. The van der Waals surface area contributed by atoms with Gasteiger partial charge >= 0.3 is 0 Å². The summed E-state index contributed by atoms with van der Waals surface area (Å²) in [5.74, 6) is 1.36. The smallest absolute Gasteiger partial charge is 0.161 e. The van der Waals surface area contributed by atoms with Crippen molar-refractivity contribution in [1.82, 2.24) is 4.98 Å². The second-order valence-electron chi connectivity index (χ2n) is 3.81. The van der Waals surface area contributed by atoms with Crippen molar-refractivity contribution in [2.45, 2.75) is 13.0 Å². The molecule has 2 rings (SSSR count). The summed E-state index contributed by atoms with van der Waals surface area (Å²) >= 11 is 1.47. The van der Waals surface area contributed by atoms with Crippen molar-refractivity contribution in [1.29, 1.82) is 0 Å². The van der Waals surface area contributed by atoms with Crippen molar-refractivity contribution < 1.29 is 14.6 Å². The van der Waals surface area contributed by atoms with E-state index in [0.717, 1.165) is 15.4 Å². The van der Waals surface area contributed by atoms with E-state index in [1.54, 1.807) is 27.3 Å². The fraction of sp³-hybridized carbons (Fsp3) is 0.308. The van der Waals surface area contributed by atoms with Gasteiger partial charge in [-0.15, -0.1) is 11.3 Å². The topological polar surface area (TPSA) is 51.6 Å². The van der Waals surface area contributed by atoms with Gasteiger partial charge in [-0.3, -0.25) is 0 Å². The molecule has 0 aliphatic heterocycles. The van der Waals surface area contributed by atoms with Gasteiger partial charge in [0.2, 0.25) is 0 Å². The van der Waals surface area contributed by atoms with Crippen molar-refractivity contribution in [2.24, 2.45) is 0 Å². The summed E-state index contributed by atoms with van der Waals surface area (Å²) in [7, 11) is 3.21. The SMILES string of the molecule is COc1ccc(-c2ncc(C(C)O)s2)cc1OC. The minimum atomic E-state index is -0.489. The minimum Gasteiger partial charge on any atom is -0.493 e. The molecule has 0 spiro atoms. The summed E-state index contributed by atoms with van der Waals surface area (Å²) in [6, 6.07) is 5.65. The number of nitrogens with zero attached hydrogens (tertiary/aromatic N) is 1. The van der Waals surface area contributed by atoms with Gasteiger partial charge in [-0.25, -0.2) is 4.98 Å². The molecule has 0 radical (unpaired) electrons. The van der Waals surface area contributed by atoms with E-state index in [4.69, 9.17) is 9.47 Å². The van der Waals surface area contributed by atoms with Gasteiger partial charge in [0.1, 0.15) is 5.01 Å². The van der Waals surface area contributed by atoms with Crippen molar-refractivity contribution in [3.05, 3.63) is 29.3 Å². The van der Waals surface area contributed by atoms with Crippen LogP contribution in [0.2, 0.25) is 0 Å². The van der Waals surface area contributed by atoms with Crippen LogP contribution in [0.3, 0.4) is 0 Å². The Morgan fingerprint density at radius 3 is 2.50 bits per heavy atom. The van der Waals surface area contributed by atoms with Crippen LogP contribution in [-0.2, 0) is 0 Å². The lowest BCUT2D eigenvalue weighted by molar-refractivity contribution is 0.203. The van der Waals surface area contributed by atoms with Crippen molar-refractivity contribution in [3.8, 4) is 22.1 Å². The standard InChI is InChI=1S/C13H15NO3S/c1-8(15)12-7-14-13(18-12)9-4-5-10(16-2)11(6-9)17-3/h4-8,15H,1-3H3. The molecule has 0 saturated carbocycles. The number of thiazole rings is 1. The third kappa shape index (κ3) is 2.47. The summed E-state index contributed by atoms with van der Waals surface area (Å²) in [6.45, 7) is 1.73. The zero-order chi connectivity index (χ0) is 13.1. The summed E-state index contributed by atoms with van der Waals surface area (Å²) in [5.41, 5.74) is 0.949. The van der Waals surface area contributed by atoms with Crippen molar-refractivity contribution in [2.75, 3.05) is 14.2 Å². The van der Waals surface area contributed by atoms with Gasteiger partial charge in [0, 0.05) is 11.8 Å². The van der Waals surface area contributed by atoms with E-state index < -0.39 is 6.10 Å². The van der Waals surface area contributed by atoms with Gasteiger partial charge in [0.15, 0.2) is 11.5 Å². The number of aromatic nitrogens is 1. The van der Waals surface area contributed by atoms with Gasteiger partial charge in [-0.2, -0.15) is 0 Å². The first-order valence-corrected chi connectivity index (χ1v) is 6.33. The molecule has 0 aliphatic rings. The molecule has 0 aliphatic carbocycles. The highest BCUT2D eigenvalue weighted by molar-refractivity contribution is 7.15. The van der Waals surface area contributed by atoms with Gasteiger partial charge in [0.25, 0.3) is 0 Å². The number of benzene rings is 1. The lowest BCUT2D eigenvalue weighted by Gasteiger charge is -2.08. The monoisotopic (exact) mass is 265 g/mol. The summed E-state index contributed by atoms with van der Waals surface area (Å²) in [6.07, 6.45) is 1.21. The number of hydrogen-bond acceptors (Lipinski definition) is 5. The van der Waals surface area contributed by atoms with E-state index in [9.17, 15) is 5.11 Å². The average Bonchev–Trinajstić information content (AvgIpc) is 2.87. The lowest BCUT2D eigenvalue weighted by Crippen LogP contribution is -1.90. The number of aliphatic hydroxyl groups excluding tert-OH is 1. The van der Waals surface area contributed by atoms with Crippen molar-refractivity contribution in [3.63, 3.8) is 0 Å². The molecule has 1 atom stereocenters. The van der Waals surface area contributed by atoms with Crippen LogP contribution in [0, 0.1) is 0 Å². The highest BCUT2D eigenvalue weighted by Gasteiger charge is 2.11. The molecule has 0 bridgehead atoms. The van der Waals surface area contributed by atoms with E-state index in [1.165, 1.54) is 11.3 Å². The highest BCUT2D eigenvalue weighted by atomic mass is 32.1. The van der Waals surface area contributed by atoms with Crippen LogP contribution in [0.1, 0.15) is 17.9 Å². The molecule has 0 saturated heterocycles. The number of rotatable bonds is 4. The number of ether oxygens (including phenoxy) is 2. The van der Waals surface area contributed by atoms with Gasteiger partial charge in [-0.1, -0.05) is 0 Å². The second kappa shape index (κ2) is 5.37. The predicted molar refractivity (Wildman–Crippen MR) is 71.3 cm³/mol. The fourth-order valence-electron chi connectivity index (χ4n) is 1.58. The summed E-state index contributed by atoms with van der Waals surface area (Å²) in [5, 5.41) is 10.3. The lowest BCUT2D eigenvalue weighted by atomic mass is 10.2.